The van der Waals surface area contributed by atoms with Crippen LogP contribution in [-0.4, -0.2) is 23.4 Å². The van der Waals surface area contributed by atoms with Gasteiger partial charge in [-0.3, -0.25) is 0 Å². The highest BCUT2D eigenvalue weighted by Crippen LogP contribution is 2.38. The van der Waals surface area contributed by atoms with Crippen LogP contribution in [0.2, 0.25) is 0 Å². The molecule has 0 aliphatic carbocycles. The van der Waals surface area contributed by atoms with Gasteiger partial charge in [-0.25, -0.2) is 4.79 Å². The predicted octanol–water partition coefficient (Wildman–Crippen LogP) is 2.12. The van der Waals surface area contributed by atoms with Gasteiger partial charge in [-0.1, -0.05) is 0 Å². The normalized spacial score (nSPS) is 12.5. The van der Waals surface area contributed by atoms with E-state index in [-0.39, 0.29) is 0 Å². The molecule has 1 N–H and O–H groups in total. The number of carboxylic acids is 1. The highest BCUT2D eigenvalue weighted by molar-refractivity contribution is 5.81. The minimum Gasteiger partial charge on any atom is -0.478 e. The number of allylic oxidation sites excluding steroid dienone is 1. The number of carbonyl (C=O) groups is 1. The molecule has 13 heavy (non-hydrogen) atoms. The van der Waals surface area contributed by atoms with Crippen molar-refractivity contribution in [1.29, 1.82) is 0 Å². The standard InChI is InChI=1S/C5H2F6O2/c6-4(7,8)2(1-3(12)13)5(9,10)11/h1H,(H,12,13). The summed E-state index contributed by atoms with van der Waals surface area (Å²) in [6.45, 7) is 0. The summed E-state index contributed by atoms with van der Waals surface area (Å²) < 4.78 is 69.1. The third kappa shape index (κ3) is 3.81. The maximum Gasteiger partial charge on any atom is 0.421 e. The van der Waals surface area contributed by atoms with Gasteiger partial charge in [-0.2, -0.15) is 26.3 Å². The molecule has 0 fully saturated rings. The van der Waals surface area contributed by atoms with E-state index in [1.54, 1.807) is 0 Å². The molecule has 0 radical (unpaired) electrons. The number of alkyl halides is 6. The van der Waals surface area contributed by atoms with E-state index in [2.05, 4.69) is 0 Å². The Morgan fingerprint density at radius 3 is 1.38 bits per heavy atom. The van der Waals surface area contributed by atoms with Crippen molar-refractivity contribution in [2.24, 2.45) is 0 Å². The zero-order chi connectivity index (χ0) is 10.9. The van der Waals surface area contributed by atoms with Gasteiger partial charge in [0.25, 0.3) is 0 Å². The van der Waals surface area contributed by atoms with Crippen molar-refractivity contribution in [1.82, 2.24) is 0 Å². The molecule has 0 bridgehead atoms. The van der Waals surface area contributed by atoms with E-state index in [1.165, 1.54) is 0 Å². The maximum absolute atomic E-state index is 11.5. The number of hydrogen-bond acceptors (Lipinski definition) is 1. The minimum absolute atomic E-state index is 0.917. The molecule has 0 spiro atoms. The Hall–Kier alpha value is -1.21. The van der Waals surface area contributed by atoms with Crippen LogP contribution in [0.5, 0.6) is 0 Å². The van der Waals surface area contributed by atoms with Gasteiger partial charge in [-0.15, -0.1) is 0 Å². The van der Waals surface area contributed by atoms with Crippen LogP contribution < -0.4 is 0 Å². The van der Waals surface area contributed by atoms with Gasteiger partial charge in [0.15, 0.2) is 0 Å². The summed E-state index contributed by atoms with van der Waals surface area (Å²) in [5.41, 5.74) is -3.03. The highest BCUT2D eigenvalue weighted by Gasteiger charge is 2.51. The molecule has 76 valence electrons. The Balaban J connectivity index is 5.13. The van der Waals surface area contributed by atoms with Gasteiger partial charge in [0.1, 0.15) is 5.57 Å². The molecule has 0 amide bonds. The first-order valence-electron chi connectivity index (χ1n) is 2.64. The van der Waals surface area contributed by atoms with E-state index in [9.17, 15) is 31.1 Å². The number of halogens is 6. The van der Waals surface area contributed by atoms with Crippen LogP contribution in [0.3, 0.4) is 0 Å². The Labute approximate surface area is 67.5 Å². The van der Waals surface area contributed by atoms with Crippen molar-refractivity contribution in [3.8, 4) is 0 Å². The SMILES string of the molecule is O=C(O)C=C(C(F)(F)F)C(F)(F)F. The van der Waals surface area contributed by atoms with Crippen molar-refractivity contribution in [2.75, 3.05) is 0 Å². The van der Waals surface area contributed by atoms with Gasteiger partial charge < -0.3 is 5.11 Å². The van der Waals surface area contributed by atoms with Crippen LogP contribution in [0.4, 0.5) is 26.3 Å². The topological polar surface area (TPSA) is 37.3 Å². The van der Waals surface area contributed by atoms with Crippen LogP contribution >= 0.6 is 0 Å². The largest absolute Gasteiger partial charge is 0.478 e. The summed E-state index contributed by atoms with van der Waals surface area (Å²) in [6.07, 6.45) is -12.3. The molecule has 0 aliphatic heterocycles. The Kier molecular flexibility index (Phi) is 2.96. The monoisotopic (exact) mass is 208 g/mol. The van der Waals surface area contributed by atoms with Crippen LogP contribution in [0, 0.1) is 0 Å². The molecule has 0 heterocycles. The van der Waals surface area contributed by atoms with Crippen LogP contribution in [0.1, 0.15) is 0 Å². The third-order valence-electron chi connectivity index (χ3n) is 0.879. The maximum atomic E-state index is 11.5. The van der Waals surface area contributed by atoms with Crippen LogP contribution in [0.25, 0.3) is 0 Å². The second kappa shape index (κ2) is 3.27. The van der Waals surface area contributed by atoms with E-state index < -0.39 is 30.0 Å². The second-order valence-corrected chi connectivity index (χ2v) is 1.89. The first kappa shape index (κ1) is 11.8. The van der Waals surface area contributed by atoms with Crippen molar-refractivity contribution in [3.63, 3.8) is 0 Å². The molecule has 2 nitrogen and oxygen atoms in total. The Morgan fingerprint density at radius 2 is 1.31 bits per heavy atom. The highest BCUT2D eigenvalue weighted by atomic mass is 19.4. The average molecular weight is 208 g/mol. The summed E-state index contributed by atoms with van der Waals surface area (Å²) in [5.74, 6) is -2.30. The fourth-order valence-corrected chi connectivity index (χ4v) is 0.448. The summed E-state index contributed by atoms with van der Waals surface area (Å²) in [7, 11) is 0. The molecule has 0 rings (SSSR count). The molecule has 0 atom stereocenters. The Bertz CT molecular complexity index is 218. The first-order valence-corrected chi connectivity index (χ1v) is 2.64. The molecule has 0 saturated heterocycles. The van der Waals surface area contributed by atoms with Crippen molar-refractivity contribution >= 4 is 5.97 Å². The first-order chi connectivity index (χ1) is 5.55. The quantitative estimate of drug-likeness (QED) is 0.529. The fourth-order valence-electron chi connectivity index (χ4n) is 0.448. The summed E-state index contributed by atoms with van der Waals surface area (Å²) >= 11 is 0. The van der Waals surface area contributed by atoms with E-state index in [4.69, 9.17) is 5.11 Å². The van der Waals surface area contributed by atoms with Gasteiger partial charge in [0.05, 0.1) is 0 Å². The molecular weight excluding hydrogens is 206 g/mol. The number of rotatable bonds is 1. The Morgan fingerprint density at radius 1 is 1.00 bits per heavy atom. The van der Waals surface area contributed by atoms with E-state index in [0.29, 0.717) is 0 Å². The fraction of sp³-hybridized carbons (Fsp3) is 0.400. The molecule has 0 aromatic rings. The third-order valence-corrected chi connectivity index (χ3v) is 0.879. The average Bonchev–Trinajstić information content (AvgIpc) is 1.77. The van der Waals surface area contributed by atoms with Gasteiger partial charge in [-0.05, 0) is 0 Å². The van der Waals surface area contributed by atoms with Gasteiger partial charge in [0, 0.05) is 6.08 Å². The van der Waals surface area contributed by atoms with Crippen LogP contribution in [0.15, 0.2) is 11.6 Å². The van der Waals surface area contributed by atoms with Crippen molar-refractivity contribution in [3.05, 3.63) is 11.6 Å². The van der Waals surface area contributed by atoms with Crippen molar-refractivity contribution < 1.29 is 36.2 Å². The van der Waals surface area contributed by atoms with Gasteiger partial charge in [0.2, 0.25) is 0 Å². The molecule has 0 aromatic carbocycles. The lowest BCUT2D eigenvalue weighted by atomic mass is 10.2. The number of carboxylic acid groups (broad SMARTS) is 1. The van der Waals surface area contributed by atoms with Gasteiger partial charge >= 0.3 is 18.3 Å². The predicted molar refractivity (Wildman–Crippen MR) is 27.8 cm³/mol. The summed E-state index contributed by atoms with van der Waals surface area (Å²) in [5, 5.41) is 7.73. The number of hydrogen-bond donors (Lipinski definition) is 1. The van der Waals surface area contributed by atoms with E-state index in [1.807, 2.05) is 0 Å². The second-order valence-electron chi connectivity index (χ2n) is 1.89. The number of aliphatic carboxylic acids is 1. The zero-order valence-electron chi connectivity index (χ0n) is 5.70. The molecule has 0 aromatic heterocycles. The zero-order valence-corrected chi connectivity index (χ0v) is 5.70. The molecular formula is C5H2F6O2. The smallest absolute Gasteiger partial charge is 0.421 e. The lowest BCUT2D eigenvalue weighted by molar-refractivity contribution is -0.173. The lowest BCUT2D eigenvalue weighted by Gasteiger charge is -2.13. The summed E-state index contributed by atoms with van der Waals surface area (Å²) in [4.78, 5) is 9.63. The van der Waals surface area contributed by atoms with E-state index in [0.717, 1.165) is 0 Å². The minimum atomic E-state index is -5.71. The molecule has 0 saturated carbocycles. The van der Waals surface area contributed by atoms with Crippen molar-refractivity contribution in [2.45, 2.75) is 12.4 Å². The summed E-state index contributed by atoms with van der Waals surface area (Å²) in [6, 6.07) is 0. The van der Waals surface area contributed by atoms with Crippen LogP contribution in [-0.2, 0) is 4.79 Å². The molecule has 8 heteroatoms. The molecule has 0 aliphatic rings. The van der Waals surface area contributed by atoms with E-state index >= 15 is 0 Å². The lowest BCUT2D eigenvalue weighted by Crippen LogP contribution is -2.27. The molecule has 0 unspecified atom stereocenters.